The molecule has 1 atom stereocenters. The summed E-state index contributed by atoms with van der Waals surface area (Å²) in [4.78, 5) is 17.0. The molecule has 1 heterocycles. The first-order valence-electron chi connectivity index (χ1n) is 11.2. The first-order chi connectivity index (χ1) is 13.7. The van der Waals surface area contributed by atoms with Gasteiger partial charge in [-0.25, -0.2) is 9.18 Å². The molecule has 0 bridgehead atoms. The molecular formula is C23H38FN3O. The smallest absolute Gasteiger partial charge is 0.317 e. The Balaban J connectivity index is 1.83. The van der Waals surface area contributed by atoms with Crippen LogP contribution < -0.4 is 10.2 Å². The van der Waals surface area contributed by atoms with E-state index in [1.165, 1.54) is 44.2 Å². The van der Waals surface area contributed by atoms with E-state index in [0.717, 1.165) is 51.0 Å². The van der Waals surface area contributed by atoms with Gasteiger partial charge < -0.3 is 15.1 Å². The zero-order valence-electron chi connectivity index (χ0n) is 17.8. The quantitative estimate of drug-likeness (QED) is 0.500. The number of carbonyl (C=O) groups excluding carboxylic acids is 1. The molecule has 4 nitrogen and oxygen atoms in total. The number of piperazine rings is 1. The van der Waals surface area contributed by atoms with Crippen LogP contribution in [0.3, 0.4) is 0 Å². The van der Waals surface area contributed by atoms with Gasteiger partial charge >= 0.3 is 6.03 Å². The Morgan fingerprint density at radius 3 is 2.39 bits per heavy atom. The van der Waals surface area contributed by atoms with Crippen LogP contribution in [0, 0.1) is 5.82 Å². The van der Waals surface area contributed by atoms with E-state index in [9.17, 15) is 9.18 Å². The molecule has 28 heavy (non-hydrogen) atoms. The standard InChI is InChI=1S/C23H38FN3O/c1-3-5-7-8-9-10-16-25-23(28)27-18-17-26(19-22(27)11-6-4-2)21-14-12-20(24)13-15-21/h12-15,22H,3-11,16-19H2,1-2H3,(H,25,28). The molecule has 1 aromatic rings. The minimum Gasteiger partial charge on any atom is -0.368 e. The number of urea groups is 1. The van der Waals surface area contributed by atoms with Crippen molar-refractivity contribution in [3.63, 3.8) is 0 Å². The zero-order valence-corrected chi connectivity index (χ0v) is 17.8. The summed E-state index contributed by atoms with van der Waals surface area (Å²) in [6.07, 6.45) is 10.6. The molecule has 5 heteroatoms. The minimum absolute atomic E-state index is 0.0772. The Hall–Kier alpha value is -1.78. The van der Waals surface area contributed by atoms with Gasteiger partial charge in [0.15, 0.2) is 0 Å². The van der Waals surface area contributed by atoms with Crippen molar-refractivity contribution in [2.24, 2.45) is 0 Å². The van der Waals surface area contributed by atoms with Crippen molar-refractivity contribution < 1.29 is 9.18 Å². The molecule has 0 spiro atoms. The minimum atomic E-state index is -0.209. The van der Waals surface area contributed by atoms with Crippen molar-refractivity contribution in [1.82, 2.24) is 10.2 Å². The summed E-state index contributed by atoms with van der Waals surface area (Å²) in [7, 11) is 0. The molecule has 1 fully saturated rings. The van der Waals surface area contributed by atoms with E-state index in [0.29, 0.717) is 6.54 Å². The summed E-state index contributed by atoms with van der Waals surface area (Å²) in [6.45, 7) is 7.50. The van der Waals surface area contributed by atoms with Crippen LogP contribution in [0.4, 0.5) is 14.9 Å². The molecule has 0 aromatic heterocycles. The average Bonchev–Trinajstić information content (AvgIpc) is 2.71. The van der Waals surface area contributed by atoms with Crippen LogP contribution in [-0.4, -0.2) is 43.2 Å². The average molecular weight is 392 g/mol. The molecule has 0 saturated carbocycles. The maximum atomic E-state index is 13.2. The highest BCUT2D eigenvalue weighted by atomic mass is 19.1. The maximum absolute atomic E-state index is 13.2. The lowest BCUT2D eigenvalue weighted by Gasteiger charge is -2.42. The van der Waals surface area contributed by atoms with Gasteiger partial charge in [-0.05, 0) is 37.1 Å². The second-order valence-electron chi connectivity index (χ2n) is 7.91. The Labute approximate surface area is 170 Å². The highest BCUT2D eigenvalue weighted by Gasteiger charge is 2.30. The fraction of sp³-hybridized carbons (Fsp3) is 0.696. The predicted molar refractivity (Wildman–Crippen MR) is 115 cm³/mol. The Bertz CT molecular complexity index is 563. The number of carbonyl (C=O) groups is 1. The molecule has 2 rings (SSSR count). The molecule has 1 aromatic carbocycles. The molecule has 2 amide bonds. The maximum Gasteiger partial charge on any atom is 0.317 e. The molecule has 1 saturated heterocycles. The van der Waals surface area contributed by atoms with Gasteiger partial charge in [-0.1, -0.05) is 58.8 Å². The van der Waals surface area contributed by atoms with Gasteiger partial charge in [-0.2, -0.15) is 0 Å². The second-order valence-corrected chi connectivity index (χ2v) is 7.91. The van der Waals surface area contributed by atoms with Gasteiger partial charge in [-0.15, -0.1) is 0 Å². The summed E-state index contributed by atoms with van der Waals surface area (Å²) >= 11 is 0. The van der Waals surface area contributed by atoms with Crippen molar-refractivity contribution in [3.8, 4) is 0 Å². The van der Waals surface area contributed by atoms with E-state index in [1.54, 1.807) is 0 Å². The van der Waals surface area contributed by atoms with Crippen molar-refractivity contribution in [2.75, 3.05) is 31.1 Å². The van der Waals surface area contributed by atoms with Crippen LogP contribution in [0.1, 0.15) is 71.6 Å². The zero-order chi connectivity index (χ0) is 20.2. The summed E-state index contributed by atoms with van der Waals surface area (Å²) < 4.78 is 13.2. The monoisotopic (exact) mass is 391 g/mol. The Morgan fingerprint density at radius 2 is 1.68 bits per heavy atom. The summed E-state index contributed by atoms with van der Waals surface area (Å²) in [5.41, 5.74) is 1.04. The number of amides is 2. The van der Waals surface area contributed by atoms with Crippen molar-refractivity contribution in [2.45, 2.75) is 77.7 Å². The highest BCUT2D eigenvalue weighted by Crippen LogP contribution is 2.22. The topological polar surface area (TPSA) is 35.6 Å². The van der Waals surface area contributed by atoms with Gasteiger partial charge in [0.05, 0.1) is 6.04 Å². The third-order valence-electron chi connectivity index (χ3n) is 5.63. The Morgan fingerprint density at radius 1 is 1.00 bits per heavy atom. The third-order valence-corrected chi connectivity index (χ3v) is 5.63. The van der Waals surface area contributed by atoms with Crippen LogP contribution in [0.5, 0.6) is 0 Å². The van der Waals surface area contributed by atoms with Gasteiger partial charge in [0.25, 0.3) is 0 Å². The van der Waals surface area contributed by atoms with Crippen LogP contribution >= 0.6 is 0 Å². The third kappa shape index (κ3) is 7.33. The molecule has 158 valence electrons. The predicted octanol–water partition coefficient (Wildman–Crippen LogP) is 5.58. The van der Waals surface area contributed by atoms with Crippen LogP contribution in [0.25, 0.3) is 0 Å². The lowest BCUT2D eigenvalue weighted by molar-refractivity contribution is 0.160. The molecule has 1 aliphatic heterocycles. The van der Waals surface area contributed by atoms with E-state index in [1.807, 2.05) is 17.0 Å². The number of nitrogens with one attached hydrogen (secondary N) is 1. The Kier molecular flexibility index (Phi) is 10.2. The summed E-state index contributed by atoms with van der Waals surface area (Å²) in [5.74, 6) is -0.209. The number of hydrogen-bond acceptors (Lipinski definition) is 2. The number of unbranched alkanes of at least 4 members (excludes halogenated alkanes) is 6. The van der Waals surface area contributed by atoms with E-state index >= 15 is 0 Å². The van der Waals surface area contributed by atoms with E-state index in [2.05, 4.69) is 24.1 Å². The number of halogens is 1. The molecule has 1 aliphatic rings. The molecular weight excluding hydrogens is 353 g/mol. The first-order valence-corrected chi connectivity index (χ1v) is 11.2. The van der Waals surface area contributed by atoms with Gasteiger partial charge in [0.2, 0.25) is 0 Å². The van der Waals surface area contributed by atoms with E-state index in [4.69, 9.17) is 0 Å². The van der Waals surface area contributed by atoms with Gasteiger partial charge in [-0.3, -0.25) is 0 Å². The largest absolute Gasteiger partial charge is 0.368 e. The number of benzene rings is 1. The number of hydrogen-bond donors (Lipinski definition) is 1. The summed E-state index contributed by atoms with van der Waals surface area (Å²) in [5, 5.41) is 3.13. The number of nitrogens with zero attached hydrogens (tertiary/aromatic N) is 2. The number of anilines is 1. The molecule has 1 N–H and O–H groups in total. The van der Waals surface area contributed by atoms with Gasteiger partial charge in [0, 0.05) is 31.9 Å². The fourth-order valence-electron chi connectivity index (χ4n) is 3.90. The van der Waals surface area contributed by atoms with Crippen molar-refractivity contribution >= 4 is 11.7 Å². The summed E-state index contributed by atoms with van der Waals surface area (Å²) in [6, 6.07) is 6.98. The lowest BCUT2D eigenvalue weighted by Crippen LogP contribution is -2.57. The van der Waals surface area contributed by atoms with Crippen LogP contribution in [0.2, 0.25) is 0 Å². The molecule has 0 radical (unpaired) electrons. The normalized spacial score (nSPS) is 17.0. The van der Waals surface area contributed by atoms with Crippen LogP contribution in [-0.2, 0) is 0 Å². The van der Waals surface area contributed by atoms with Gasteiger partial charge in [0.1, 0.15) is 5.82 Å². The van der Waals surface area contributed by atoms with Crippen LogP contribution in [0.15, 0.2) is 24.3 Å². The SMILES string of the molecule is CCCCCCCCNC(=O)N1CCN(c2ccc(F)cc2)CC1CCCC. The van der Waals surface area contributed by atoms with E-state index < -0.39 is 0 Å². The van der Waals surface area contributed by atoms with Crippen molar-refractivity contribution in [1.29, 1.82) is 0 Å². The highest BCUT2D eigenvalue weighted by molar-refractivity contribution is 5.75. The number of rotatable bonds is 11. The molecule has 0 aliphatic carbocycles. The lowest BCUT2D eigenvalue weighted by atomic mass is 10.0. The molecule has 1 unspecified atom stereocenters. The van der Waals surface area contributed by atoms with Crippen molar-refractivity contribution in [3.05, 3.63) is 30.1 Å². The fourth-order valence-corrected chi connectivity index (χ4v) is 3.90. The van der Waals surface area contributed by atoms with E-state index in [-0.39, 0.29) is 17.9 Å². The first kappa shape index (κ1) is 22.5. The second kappa shape index (κ2) is 12.6.